The van der Waals surface area contributed by atoms with E-state index in [1.54, 1.807) is 16.3 Å². The maximum absolute atomic E-state index is 13.1. The van der Waals surface area contributed by atoms with Crippen LogP contribution in [0.5, 0.6) is 0 Å². The first kappa shape index (κ1) is 19.6. The third-order valence-electron chi connectivity index (χ3n) is 4.54. The van der Waals surface area contributed by atoms with Crippen LogP contribution in [0.4, 0.5) is 5.82 Å². The van der Waals surface area contributed by atoms with Gasteiger partial charge in [-0.25, -0.2) is 9.97 Å². The Morgan fingerprint density at radius 1 is 1.22 bits per heavy atom. The molecule has 0 fully saturated rings. The minimum atomic E-state index is -0.202. The highest BCUT2D eigenvalue weighted by molar-refractivity contribution is 7.98. The summed E-state index contributed by atoms with van der Waals surface area (Å²) in [6.07, 6.45) is 2.83. The number of aryl methyl sites for hydroxylation is 1. The molecule has 0 radical (unpaired) electrons. The molecule has 142 valence electrons. The molecule has 0 aliphatic rings. The number of aromatic nitrogens is 4. The maximum atomic E-state index is 13.1. The van der Waals surface area contributed by atoms with Gasteiger partial charge in [-0.2, -0.15) is 4.98 Å². The summed E-state index contributed by atoms with van der Waals surface area (Å²) in [5, 5.41) is 3.30. The van der Waals surface area contributed by atoms with E-state index in [4.69, 9.17) is 11.6 Å². The first-order chi connectivity index (χ1) is 12.9. The van der Waals surface area contributed by atoms with Crippen LogP contribution in [-0.4, -0.2) is 25.8 Å². The van der Waals surface area contributed by atoms with Crippen molar-refractivity contribution in [1.82, 2.24) is 19.5 Å². The first-order valence-electron chi connectivity index (χ1n) is 8.77. The van der Waals surface area contributed by atoms with E-state index in [2.05, 4.69) is 32.4 Å². The Balaban J connectivity index is 2.04. The average Bonchev–Trinajstić information content (AvgIpc) is 2.66. The van der Waals surface area contributed by atoms with Crippen LogP contribution in [0.15, 0.2) is 34.0 Å². The fraction of sp³-hybridized carbons (Fsp3) is 0.368. The molecule has 0 amide bonds. The summed E-state index contributed by atoms with van der Waals surface area (Å²) in [4.78, 5) is 27.2. The van der Waals surface area contributed by atoms with Crippen molar-refractivity contribution in [2.45, 2.75) is 44.7 Å². The van der Waals surface area contributed by atoms with Gasteiger partial charge in [-0.05, 0) is 55.8 Å². The second-order valence-corrected chi connectivity index (χ2v) is 7.56. The highest BCUT2D eigenvalue weighted by atomic mass is 35.5. The lowest BCUT2D eigenvalue weighted by Gasteiger charge is -2.18. The third kappa shape index (κ3) is 4.09. The molecule has 27 heavy (non-hydrogen) atoms. The van der Waals surface area contributed by atoms with E-state index in [1.807, 2.05) is 39.2 Å². The van der Waals surface area contributed by atoms with Gasteiger partial charge >= 0.3 is 0 Å². The van der Waals surface area contributed by atoms with Gasteiger partial charge in [0.2, 0.25) is 5.28 Å². The van der Waals surface area contributed by atoms with Gasteiger partial charge in [0, 0.05) is 17.5 Å². The predicted octanol–water partition coefficient (Wildman–Crippen LogP) is 4.45. The van der Waals surface area contributed by atoms with Crippen molar-refractivity contribution < 1.29 is 0 Å². The fourth-order valence-electron chi connectivity index (χ4n) is 2.82. The molecule has 2 aromatic heterocycles. The molecular weight excluding hydrogens is 382 g/mol. The zero-order chi connectivity index (χ0) is 19.6. The number of rotatable bonds is 6. The zero-order valence-electron chi connectivity index (χ0n) is 15.8. The molecule has 0 bridgehead atoms. The van der Waals surface area contributed by atoms with Crippen LogP contribution in [0.2, 0.25) is 5.28 Å². The fourth-order valence-corrected chi connectivity index (χ4v) is 3.44. The number of thioether (sulfide) groups is 1. The van der Waals surface area contributed by atoms with Gasteiger partial charge in [0.15, 0.2) is 11.5 Å². The van der Waals surface area contributed by atoms with E-state index in [9.17, 15) is 4.79 Å². The van der Waals surface area contributed by atoms with Crippen molar-refractivity contribution in [1.29, 1.82) is 0 Å². The Morgan fingerprint density at radius 2 is 1.93 bits per heavy atom. The average molecular weight is 404 g/mol. The zero-order valence-corrected chi connectivity index (χ0v) is 17.4. The van der Waals surface area contributed by atoms with Gasteiger partial charge in [0.25, 0.3) is 5.56 Å². The summed E-state index contributed by atoms with van der Waals surface area (Å²) >= 11 is 7.71. The summed E-state index contributed by atoms with van der Waals surface area (Å²) in [5.41, 5.74) is 2.58. The quantitative estimate of drug-likeness (QED) is 0.484. The second-order valence-electron chi connectivity index (χ2n) is 6.34. The lowest BCUT2D eigenvalue weighted by molar-refractivity contribution is 0.526. The molecule has 1 N–H and O–H groups in total. The lowest BCUT2D eigenvalue weighted by Crippen LogP contribution is -2.28. The summed E-state index contributed by atoms with van der Waals surface area (Å²) in [7, 11) is 0. The maximum Gasteiger partial charge on any atom is 0.295 e. The monoisotopic (exact) mass is 403 g/mol. The minimum Gasteiger partial charge on any atom is -0.361 e. The molecule has 6 nitrogen and oxygen atoms in total. The molecule has 3 rings (SSSR count). The van der Waals surface area contributed by atoms with E-state index in [-0.39, 0.29) is 16.9 Å². The standard InChI is InChI=1S/C19H22ClN5OS/c1-5-11(2)25-17-15(12(3)22-19(20)24-17)23-16(18(25)26)21-10-13-6-8-14(27-4)9-7-13/h6-9,11H,5,10H2,1-4H3,(H,21,23). The lowest BCUT2D eigenvalue weighted by atomic mass is 10.2. The third-order valence-corrected chi connectivity index (χ3v) is 5.45. The largest absolute Gasteiger partial charge is 0.361 e. The molecule has 3 aromatic rings. The number of benzene rings is 1. The van der Waals surface area contributed by atoms with Crippen LogP contribution in [0.1, 0.15) is 37.6 Å². The van der Waals surface area contributed by atoms with E-state index in [0.717, 1.165) is 12.0 Å². The summed E-state index contributed by atoms with van der Waals surface area (Å²) in [6, 6.07) is 8.18. The Bertz CT molecular complexity index is 1020. The van der Waals surface area contributed by atoms with Gasteiger partial charge in [-0.1, -0.05) is 19.1 Å². The molecule has 0 saturated carbocycles. The smallest absolute Gasteiger partial charge is 0.295 e. The molecule has 2 heterocycles. The van der Waals surface area contributed by atoms with Crippen molar-refractivity contribution in [2.75, 3.05) is 11.6 Å². The number of hydrogen-bond acceptors (Lipinski definition) is 6. The van der Waals surface area contributed by atoms with E-state index in [1.165, 1.54) is 4.90 Å². The van der Waals surface area contributed by atoms with Crippen molar-refractivity contribution in [3.05, 3.63) is 51.2 Å². The van der Waals surface area contributed by atoms with E-state index >= 15 is 0 Å². The van der Waals surface area contributed by atoms with Crippen LogP contribution >= 0.6 is 23.4 Å². The number of hydrogen-bond donors (Lipinski definition) is 1. The van der Waals surface area contributed by atoms with Crippen molar-refractivity contribution in [2.24, 2.45) is 0 Å². The van der Waals surface area contributed by atoms with Gasteiger partial charge in [0.1, 0.15) is 5.52 Å². The number of nitrogens with one attached hydrogen (secondary N) is 1. The molecule has 1 aromatic carbocycles. The summed E-state index contributed by atoms with van der Waals surface area (Å²) < 4.78 is 1.65. The number of halogens is 1. The van der Waals surface area contributed by atoms with Gasteiger partial charge < -0.3 is 5.32 Å². The summed E-state index contributed by atoms with van der Waals surface area (Å²) in [6.45, 7) is 6.34. The number of fused-ring (bicyclic) bond motifs is 1. The summed E-state index contributed by atoms with van der Waals surface area (Å²) in [5.74, 6) is 0.297. The molecular formula is C19H22ClN5OS. The second kappa shape index (κ2) is 8.27. The normalized spacial score (nSPS) is 12.3. The molecule has 0 aliphatic heterocycles. The van der Waals surface area contributed by atoms with Crippen LogP contribution in [0.25, 0.3) is 11.2 Å². The minimum absolute atomic E-state index is 0.0326. The van der Waals surface area contributed by atoms with Crippen LogP contribution < -0.4 is 10.9 Å². The Labute approximate surface area is 167 Å². The van der Waals surface area contributed by atoms with Gasteiger partial charge in [-0.3, -0.25) is 9.36 Å². The molecule has 0 spiro atoms. The van der Waals surface area contributed by atoms with Crippen LogP contribution in [-0.2, 0) is 6.54 Å². The van der Waals surface area contributed by atoms with E-state index < -0.39 is 0 Å². The Hall–Kier alpha value is -2.12. The molecule has 1 atom stereocenters. The van der Waals surface area contributed by atoms with Gasteiger partial charge in [0.05, 0.1) is 5.69 Å². The molecule has 1 unspecified atom stereocenters. The molecule has 0 saturated heterocycles. The Kier molecular flexibility index (Phi) is 6.01. The number of nitrogens with zero attached hydrogens (tertiary/aromatic N) is 4. The topological polar surface area (TPSA) is 72.7 Å². The van der Waals surface area contributed by atoms with E-state index in [0.29, 0.717) is 29.2 Å². The van der Waals surface area contributed by atoms with Crippen molar-refractivity contribution in [3.8, 4) is 0 Å². The first-order valence-corrected chi connectivity index (χ1v) is 10.4. The van der Waals surface area contributed by atoms with Crippen LogP contribution in [0.3, 0.4) is 0 Å². The SMILES string of the molecule is CCC(C)n1c(=O)c(NCc2ccc(SC)cc2)nc2c(C)nc(Cl)nc21. The predicted molar refractivity (Wildman–Crippen MR) is 112 cm³/mol. The van der Waals surface area contributed by atoms with Crippen molar-refractivity contribution in [3.63, 3.8) is 0 Å². The van der Waals surface area contributed by atoms with Crippen LogP contribution in [0, 0.1) is 6.92 Å². The van der Waals surface area contributed by atoms with Crippen molar-refractivity contribution >= 4 is 40.3 Å². The molecule has 8 heteroatoms. The highest BCUT2D eigenvalue weighted by Crippen LogP contribution is 2.21. The number of anilines is 1. The highest BCUT2D eigenvalue weighted by Gasteiger charge is 2.18. The van der Waals surface area contributed by atoms with Gasteiger partial charge in [-0.15, -0.1) is 11.8 Å². The Morgan fingerprint density at radius 3 is 2.56 bits per heavy atom. The molecule has 0 aliphatic carbocycles.